The number of aromatic nitrogens is 4. The molecule has 2 aromatic rings. The Balaban J connectivity index is 2.21. The highest BCUT2D eigenvalue weighted by atomic mass is 16.5. The quantitative estimate of drug-likeness (QED) is 0.826. The standard InChI is InChI=1S/C11H15N5O2/c1-8-7-10(17)16(11(13-8)18-2)6-5-15-4-3-9(12)14-15/h3-4,7H,5-6H2,1-2H3,(H2,12,14). The first-order valence-electron chi connectivity index (χ1n) is 5.51. The lowest BCUT2D eigenvalue weighted by Gasteiger charge is -2.10. The van der Waals surface area contributed by atoms with Crippen molar-refractivity contribution >= 4 is 5.82 Å². The number of nitrogens with zero attached hydrogens (tertiary/aromatic N) is 4. The van der Waals surface area contributed by atoms with Crippen LogP contribution in [0, 0.1) is 6.92 Å². The molecule has 0 aliphatic rings. The van der Waals surface area contributed by atoms with Gasteiger partial charge in [-0.05, 0) is 13.0 Å². The van der Waals surface area contributed by atoms with Crippen molar-refractivity contribution in [3.8, 4) is 6.01 Å². The molecule has 0 spiro atoms. The highest BCUT2D eigenvalue weighted by Gasteiger charge is 2.07. The van der Waals surface area contributed by atoms with E-state index >= 15 is 0 Å². The van der Waals surface area contributed by atoms with Crippen LogP contribution >= 0.6 is 0 Å². The number of nitrogen functional groups attached to an aromatic ring is 1. The molecule has 0 aliphatic carbocycles. The molecule has 7 nitrogen and oxygen atoms in total. The van der Waals surface area contributed by atoms with E-state index in [0.29, 0.717) is 30.6 Å². The van der Waals surface area contributed by atoms with E-state index in [1.807, 2.05) is 0 Å². The lowest BCUT2D eigenvalue weighted by Crippen LogP contribution is -2.24. The van der Waals surface area contributed by atoms with Crippen LogP contribution < -0.4 is 16.0 Å². The van der Waals surface area contributed by atoms with Crippen LogP contribution in [-0.2, 0) is 13.1 Å². The normalized spacial score (nSPS) is 10.6. The topological polar surface area (TPSA) is 88.0 Å². The summed E-state index contributed by atoms with van der Waals surface area (Å²) in [5.41, 5.74) is 6.01. The summed E-state index contributed by atoms with van der Waals surface area (Å²) in [6.45, 7) is 2.71. The molecule has 0 saturated carbocycles. The molecule has 0 fully saturated rings. The summed E-state index contributed by atoms with van der Waals surface area (Å²) in [5.74, 6) is 0.455. The number of methoxy groups -OCH3 is 1. The van der Waals surface area contributed by atoms with E-state index in [-0.39, 0.29) is 5.56 Å². The van der Waals surface area contributed by atoms with Crippen molar-refractivity contribution in [1.29, 1.82) is 0 Å². The SMILES string of the molecule is COc1nc(C)cc(=O)n1CCn1ccc(N)n1. The lowest BCUT2D eigenvalue weighted by molar-refractivity contribution is 0.337. The van der Waals surface area contributed by atoms with E-state index in [2.05, 4.69) is 10.1 Å². The maximum absolute atomic E-state index is 11.8. The highest BCUT2D eigenvalue weighted by molar-refractivity contribution is 5.23. The predicted molar refractivity (Wildman–Crippen MR) is 66.4 cm³/mol. The molecule has 7 heteroatoms. The number of nitrogens with two attached hydrogens (primary N) is 1. The number of anilines is 1. The lowest BCUT2D eigenvalue weighted by atomic mass is 10.4. The van der Waals surface area contributed by atoms with Crippen LogP contribution in [0.2, 0.25) is 0 Å². The molecular weight excluding hydrogens is 234 g/mol. The van der Waals surface area contributed by atoms with Gasteiger partial charge in [0.25, 0.3) is 11.6 Å². The van der Waals surface area contributed by atoms with Crippen LogP contribution in [0.3, 0.4) is 0 Å². The fourth-order valence-corrected chi connectivity index (χ4v) is 1.66. The van der Waals surface area contributed by atoms with Gasteiger partial charge in [0.05, 0.1) is 20.2 Å². The van der Waals surface area contributed by atoms with Crippen LogP contribution in [0.5, 0.6) is 6.01 Å². The summed E-state index contributed by atoms with van der Waals surface area (Å²) in [7, 11) is 1.49. The van der Waals surface area contributed by atoms with E-state index in [4.69, 9.17) is 10.5 Å². The van der Waals surface area contributed by atoms with Gasteiger partial charge >= 0.3 is 0 Å². The zero-order valence-electron chi connectivity index (χ0n) is 10.3. The van der Waals surface area contributed by atoms with E-state index in [0.717, 1.165) is 0 Å². The molecule has 18 heavy (non-hydrogen) atoms. The fourth-order valence-electron chi connectivity index (χ4n) is 1.66. The average molecular weight is 249 g/mol. The van der Waals surface area contributed by atoms with E-state index in [1.165, 1.54) is 17.7 Å². The Bertz CT molecular complexity index is 602. The summed E-state index contributed by atoms with van der Waals surface area (Å²) in [4.78, 5) is 16.0. The monoisotopic (exact) mass is 249 g/mol. The largest absolute Gasteiger partial charge is 0.468 e. The molecule has 2 aromatic heterocycles. The molecular formula is C11H15N5O2. The Hall–Kier alpha value is -2.31. The Labute approximate surface area is 104 Å². The Morgan fingerprint density at radius 3 is 2.83 bits per heavy atom. The average Bonchev–Trinajstić information content (AvgIpc) is 2.73. The molecule has 0 saturated heterocycles. The smallest absolute Gasteiger partial charge is 0.299 e. The minimum Gasteiger partial charge on any atom is -0.468 e. The second-order valence-electron chi connectivity index (χ2n) is 3.88. The third-order valence-electron chi connectivity index (χ3n) is 2.50. The molecule has 0 atom stereocenters. The van der Waals surface area contributed by atoms with Crippen molar-refractivity contribution in [2.45, 2.75) is 20.0 Å². The summed E-state index contributed by atoms with van der Waals surface area (Å²) >= 11 is 0. The highest BCUT2D eigenvalue weighted by Crippen LogP contribution is 2.05. The Kier molecular flexibility index (Phi) is 3.31. The number of ether oxygens (including phenoxy) is 1. The Morgan fingerprint density at radius 1 is 1.44 bits per heavy atom. The van der Waals surface area contributed by atoms with Crippen molar-refractivity contribution < 1.29 is 4.74 Å². The van der Waals surface area contributed by atoms with Crippen molar-refractivity contribution in [1.82, 2.24) is 19.3 Å². The van der Waals surface area contributed by atoms with Crippen molar-refractivity contribution in [3.05, 3.63) is 34.4 Å². The summed E-state index contributed by atoms with van der Waals surface area (Å²) in [5, 5.41) is 4.05. The zero-order valence-corrected chi connectivity index (χ0v) is 10.3. The van der Waals surface area contributed by atoms with Crippen LogP contribution in [0.4, 0.5) is 5.82 Å². The number of hydrogen-bond donors (Lipinski definition) is 1. The van der Waals surface area contributed by atoms with Crippen molar-refractivity contribution in [2.24, 2.45) is 0 Å². The molecule has 0 bridgehead atoms. The molecule has 0 unspecified atom stereocenters. The number of hydrogen-bond acceptors (Lipinski definition) is 5. The first-order valence-corrected chi connectivity index (χ1v) is 5.51. The zero-order chi connectivity index (χ0) is 13.1. The summed E-state index contributed by atoms with van der Waals surface area (Å²) in [6, 6.07) is 3.48. The molecule has 96 valence electrons. The molecule has 0 aromatic carbocycles. The van der Waals surface area contributed by atoms with Gasteiger partial charge in [0, 0.05) is 18.0 Å². The van der Waals surface area contributed by atoms with Gasteiger partial charge in [0.15, 0.2) is 0 Å². The third kappa shape index (κ3) is 2.50. The molecule has 0 amide bonds. The first-order chi connectivity index (χ1) is 8.60. The van der Waals surface area contributed by atoms with E-state index < -0.39 is 0 Å². The van der Waals surface area contributed by atoms with Crippen LogP contribution in [0.25, 0.3) is 0 Å². The van der Waals surface area contributed by atoms with Gasteiger partial charge in [-0.25, -0.2) is 4.98 Å². The summed E-state index contributed by atoms with van der Waals surface area (Å²) < 4.78 is 8.23. The van der Waals surface area contributed by atoms with Crippen molar-refractivity contribution in [3.63, 3.8) is 0 Å². The van der Waals surface area contributed by atoms with Gasteiger partial charge in [-0.3, -0.25) is 14.0 Å². The third-order valence-corrected chi connectivity index (χ3v) is 2.50. The molecule has 2 rings (SSSR count). The number of aryl methyl sites for hydroxylation is 2. The minimum atomic E-state index is -0.139. The van der Waals surface area contributed by atoms with Gasteiger partial charge in [0.1, 0.15) is 5.82 Å². The second kappa shape index (κ2) is 4.91. The molecule has 2 N–H and O–H groups in total. The van der Waals surface area contributed by atoms with E-state index in [1.54, 1.807) is 23.9 Å². The van der Waals surface area contributed by atoms with Crippen LogP contribution in [-0.4, -0.2) is 26.4 Å². The fraction of sp³-hybridized carbons (Fsp3) is 0.364. The minimum absolute atomic E-state index is 0.139. The van der Waals surface area contributed by atoms with Crippen LogP contribution in [0.15, 0.2) is 23.1 Å². The predicted octanol–water partition coefficient (Wildman–Crippen LogP) is 0.0392. The molecule has 0 aliphatic heterocycles. The maximum atomic E-state index is 11.8. The van der Waals surface area contributed by atoms with Gasteiger partial charge in [-0.15, -0.1) is 0 Å². The second-order valence-corrected chi connectivity index (χ2v) is 3.88. The first kappa shape index (κ1) is 12.2. The maximum Gasteiger partial charge on any atom is 0.299 e. The van der Waals surface area contributed by atoms with Gasteiger partial charge < -0.3 is 10.5 Å². The van der Waals surface area contributed by atoms with Gasteiger partial charge in [-0.1, -0.05) is 0 Å². The van der Waals surface area contributed by atoms with E-state index in [9.17, 15) is 4.79 Å². The molecule has 2 heterocycles. The summed E-state index contributed by atoms with van der Waals surface area (Å²) in [6.07, 6.45) is 1.76. The van der Waals surface area contributed by atoms with Crippen LogP contribution in [0.1, 0.15) is 5.69 Å². The van der Waals surface area contributed by atoms with Gasteiger partial charge in [0.2, 0.25) is 0 Å². The van der Waals surface area contributed by atoms with Gasteiger partial charge in [-0.2, -0.15) is 5.10 Å². The Morgan fingerprint density at radius 2 is 2.22 bits per heavy atom. The molecule has 0 radical (unpaired) electrons. The number of rotatable bonds is 4. The van der Waals surface area contributed by atoms with Crippen molar-refractivity contribution in [2.75, 3.05) is 12.8 Å².